The van der Waals surface area contributed by atoms with E-state index in [0.29, 0.717) is 4.34 Å². The van der Waals surface area contributed by atoms with Gasteiger partial charge >= 0.3 is 0 Å². The monoisotopic (exact) mass is 334 g/mol. The summed E-state index contributed by atoms with van der Waals surface area (Å²) in [6, 6.07) is 5.80. The Morgan fingerprint density at radius 3 is 2.50 bits per heavy atom. The van der Waals surface area contributed by atoms with Gasteiger partial charge in [-0.1, -0.05) is 11.6 Å². The Bertz CT molecular complexity index is 772. The smallest absolute Gasteiger partial charge is 0.273 e. The minimum atomic E-state index is -3.89. The van der Waals surface area contributed by atoms with E-state index in [9.17, 15) is 23.6 Å². The van der Waals surface area contributed by atoms with Gasteiger partial charge in [0.2, 0.25) is 0 Å². The molecule has 106 valence electrons. The van der Waals surface area contributed by atoms with Gasteiger partial charge in [-0.15, -0.1) is 11.3 Å². The number of benzene rings is 1. The normalized spacial score (nSPS) is 11.2. The second-order valence-corrected chi connectivity index (χ2v) is 7.25. The first-order valence-corrected chi connectivity index (χ1v) is 7.73. The van der Waals surface area contributed by atoms with Gasteiger partial charge in [-0.3, -0.25) is 14.8 Å². The molecule has 2 rings (SSSR count). The number of aromatic hydroxyl groups is 1. The lowest BCUT2D eigenvalue weighted by Gasteiger charge is -2.07. The number of halogens is 1. The van der Waals surface area contributed by atoms with Gasteiger partial charge in [0.1, 0.15) is 9.96 Å². The number of hydrogen-bond donors (Lipinski definition) is 2. The van der Waals surface area contributed by atoms with Crippen LogP contribution in [-0.4, -0.2) is 18.4 Å². The van der Waals surface area contributed by atoms with E-state index < -0.39 is 20.7 Å². The van der Waals surface area contributed by atoms with Crippen molar-refractivity contribution in [2.24, 2.45) is 0 Å². The zero-order chi connectivity index (χ0) is 14.9. The van der Waals surface area contributed by atoms with Crippen LogP contribution in [0, 0.1) is 10.1 Å². The van der Waals surface area contributed by atoms with Gasteiger partial charge in [0.25, 0.3) is 15.7 Å². The van der Waals surface area contributed by atoms with Crippen LogP contribution in [0.3, 0.4) is 0 Å². The van der Waals surface area contributed by atoms with Crippen LogP contribution in [0.1, 0.15) is 0 Å². The summed E-state index contributed by atoms with van der Waals surface area (Å²) in [5, 5.41) is 20.1. The Labute approximate surface area is 122 Å². The Kier molecular flexibility index (Phi) is 3.84. The molecule has 0 radical (unpaired) electrons. The van der Waals surface area contributed by atoms with Crippen molar-refractivity contribution in [3.8, 4) is 5.75 Å². The zero-order valence-electron chi connectivity index (χ0n) is 9.61. The van der Waals surface area contributed by atoms with E-state index in [4.69, 9.17) is 11.6 Å². The summed E-state index contributed by atoms with van der Waals surface area (Å²) in [4.78, 5) is 9.82. The fourth-order valence-corrected chi connectivity index (χ4v) is 3.91. The van der Waals surface area contributed by atoms with Crippen molar-refractivity contribution < 1.29 is 18.4 Å². The largest absolute Gasteiger partial charge is 0.505 e. The summed E-state index contributed by atoms with van der Waals surface area (Å²) >= 11 is 6.51. The van der Waals surface area contributed by atoms with Crippen molar-refractivity contribution in [2.45, 2.75) is 4.21 Å². The van der Waals surface area contributed by atoms with Gasteiger partial charge in [0.15, 0.2) is 0 Å². The number of anilines is 1. The predicted octanol–water partition coefficient (Wildman–Crippen LogP) is 2.82. The molecule has 0 fully saturated rings. The molecular formula is C10H7ClN2O5S2. The molecule has 0 saturated heterocycles. The van der Waals surface area contributed by atoms with E-state index in [-0.39, 0.29) is 15.6 Å². The van der Waals surface area contributed by atoms with Gasteiger partial charge in [0, 0.05) is 6.07 Å². The molecule has 1 aromatic heterocycles. The minimum Gasteiger partial charge on any atom is -0.505 e. The molecule has 7 nitrogen and oxygen atoms in total. The molecule has 1 heterocycles. The van der Waals surface area contributed by atoms with E-state index in [1.807, 2.05) is 0 Å². The maximum Gasteiger partial charge on any atom is 0.273 e. The zero-order valence-corrected chi connectivity index (χ0v) is 12.0. The summed E-state index contributed by atoms with van der Waals surface area (Å²) in [6.07, 6.45) is 0. The lowest BCUT2D eigenvalue weighted by molar-refractivity contribution is -0.384. The number of nitro groups is 1. The van der Waals surface area contributed by atoms with Gasteiger partial charge < -0.3 is 5.11 Å². The van der Waals surface area contributed by atoms with Gasteiger partial charge in [-0.05, 0) is 18.2 Å². The van der Waals surface area contributed by atoms with E-state index in [0.717, 1.165) is 29.5 Å². The Hall–Kier alpha value is -1.84. The van der Waals surface area contributed by atoms with E-state index in [2.05, 4.69) is 4.72 Å². The molecule has 0 aliphatic heterocycles. The van der Waals surface area contributed by atoms with Crippen molar-refractivity contribution in [2.75, 3.05) is 4.72 Å². The highest BCUT2D eigenvalue weighted by Crippen LogP contribution is 2.32. The highest BCUT2D eigenvalue weighted by Gasteiger charge is 2.19. The first-order valence-electron chi connectivity index (χ1n) is 5.05. The quantitative estimate of drug-likeness (QED) is 0.507. The number of nitrogens with zero attached hydrogens (tertiary/aromatic N) is 1. The summed E-state index contributed by atoms with van der Waals surface area (Å²) in [6.45, 7) is 0. The second-order valence-electron chi connectivity index (χ2n) is 3.62. The highest BCUT2D eigenvalue weighted by atomic mass is 35.5. The molecule has 0 bridgehead atoms. The maximum absolute atomic E-state index is 12.0. The SMILES string of the molecule is O=[N+]([O-])c1ccc(NS(=O)(=O)c2ccc(Cl)s2)c(O)c1. The van der Waals surface area contributed by atoms with Crippen LogP contribution < -0.4 is 4.72 Å². The van der Waals surface area contributed by atoms with Gasteiger partial charge in [-0.2, -0.15) is 0 Å². The predicted molar refractivity (Wildman–Crippen MR) is 74.9 cm³/mol. The second kappa shape index (κ2) is 5.27. The first-order chi connectivity index (χ1) is 9.29. The Morgan fingerprint density at radius 1 is 1.30 bits per heavy atom. The number of phenolic OH excluding ortho intramolecular Hbond substituents is 1. The van der Waals surface area contributed by atoms with Gasteiger partial charge in [0.05, 0.1) is 21.0 Å². The molecule has 0 atom stereocenters. The van der Waals surface area contributed by atoms with Crippen LogP contribution in [0.2, 0.25) is 4.34 Å². The maximum atomic E-state index is 12.0. The molecule has 20 heavy (non-hydrogen) atoms. The highest BCUT2D eigenvalue weighted by molar-refractivity contribution is 7.94. The molecule has 0 aliphatic rings. The third-order valence-electron chi connectivity index (χ3n) is 2.25. The molecule has 1 aromatic carbocycles. The summed E-state index contributed by atoms with van der Waals surface area (Å²) in [7, 11) is -3.89. The van der Waals surface area contributed by atoms with E-state index in [1.165, 1.54) is 12.1 Å². The van der Waals surface area contributed by atoms with Crippen LogP contribution >= 0.6 is 22.9 Å². The van der Waals surface area contributed by atoms with E-state index in [1.54, 1.807) is 0 Å². The number of non-ortho nitro benzene ring substituents is 1. The molecule has 2 N–H and O–H groups in total. The fraction of sp³-hybridized carbons (Fsp3) is 0. The van der Waals surface area contributed by atoms with Crippen LogP contribution in [0.5, 0.6) is 5.75 Å². The molecule has 0 amide bonds. The average molecular weight is 335 g/mol. The molecule has 10 heteroatoms. The summed E-state index contributed by atoms with van der Waals surface area (Å²) < 4.78 is 26.4. The topological polar surface area (TPSA) is 110 Å². The molecular weight excluding hydrogens is 328 g/mol. The van der Waals surface area contributed by atoms with Crippen LogP contribution in [0.15, 0.2) is 34.5 Å². The minimum absolute atomic E-state index is 0.0275. The molecule has 0 saturated carbocycles. The number of nitro benzene ring substituents is 1. The van der Waals surface area contributed by atoms with Crippen molar-refractivity contribution in [1.29, 1.82) is 0 Å². The number of sulfonamides is 1. The Balaban J connectivity index is 2.32. The Morgan fingerprint density at radius 2 is 2.00 bits per heavy atom. The number of hydrogen-bond acceptors (Lipinski definition) is 6. The molecule has 2 aromatic rings. The molecule has 0 aliphatic carbocycles. The van der Waals surface area contributed by atoms with Crippen molar-refractivity contribution in [3.05, 3.63) is 44.8 Å². The summed E-state index contributed by atoms with van der Waals surface area (Å²) in [5.74, 6) is -0.537. The molecule has 0 spiro atoms. The lowest BCUT2D eigenvalue weighted by Crippen LogP contribution is -2.11. The third-order valence-corrected chi connectivity index (χ3v) is 5.34. The standard InChI is InChI=1S/C10H7ClN2O5S2/c11-9-3-4-10(19-9)20(17,18)12-7-2-1-6(13(15)16)5-8(7)14/h1-5,12,14H. The van der Waals surface area contributed by atoms with E-state index >= 15 is 0 Å². The van der Waals surface area contributed by atoms with Crippen LogP contribution in [0.25, 0.3) is 0 Å². The lowest BCUT2D eigenvalue weighted by atomic mass is 10.3. The van der Waals surface area contributed by atoms with Crippen molar-refractivity contribution >= 4 is 44.3 Å². The molecule has 0 unspecified atom stereocenters. The fourth-order valence-electron chi connectivity index (χ4n) is 1.36. The summed E-state index contributed by atoms with van der Waals surface area (Å²) in [5.41, 5.74) is -0.496. The number of rotatable bonds is 4. The van der Waals surface area contributed by atoms with Crippen molar-refractivity contribution in [3.63, 3.8) is 0 Å². The number of thiophene rings is 1. The number of phenols is 1. The third kappa shape index (κ3) is 3.00. The van der Waals surface area contributed by atoms with Crippen LogP contribution in [0.4, 0.5) is 11.4 Å². The number of nitrogens with one attached hydrogen (secondary N) is 1. The first kappa shape index (κ1) is 14.6. The van der Waals surface area contributed by atoms with Crippen molar-refractivity contribution in [1.82, 2.24) is 0 Å². The van der Waals surface area contributed by atoms with Crippen LogP contribution in [-0.2, 0) is 10.0 Å². The average Bonchev–Trinajstić information content (AvgIpc) is 2.79. The van der Waals surface area contributed by atoms with Gasteiger partial charge in [-0.25, -0.2) is 8.42 Å².